The molecule has 6 heteroatoms. The molecule has 2 aromatic carbocycles. The first kappa shape index (κ1) is 23.7. The highest BCUT2D eigenvalue weighted by molar-refractivity contribution is 7.91. The van der Waals surface area contributed by atoms with Gasteiger partial charge in [-0.3, -0.25) is 9.59 Å². The van der Waals surface area contributed by atoms with E-state index < -0.39 is 9.84 Å². The predicted octanol–water partition coefficient (Wildman–Crippen LogP) is 5.36. The van der Waals surface area contributed by atoms with Crippen LogP contribution >= 0.6 is 0 Å². The Morgan fingerprint density at radius 2 is 1.48 bits per heavy atom. The van der Waals surface area contributed by atoms with Crippen LogP contribution in [0.25, 0.3) is 0 Å². The summed E-state index contributed by atoms with van der Waals surface area (Å²) in [7, 11) is -2.98. The number of benzene rings is 2. The maximum absolute atomic E-state index is 13.0. The number of aryl methyl sites for hydroxylation is 2. The molecule has 2 aromatic rings. The molecule has 1 aliphatic carbocycles. The molecule has 4 rings (SSSR count). The lowest BCUT2D eigenvalue weighted by atomic mass is 9.80. The number of imide groups is 1. The molecule has 1 saturated carbocycles. The fourth-order valence-corrected chi connectivity index (χ4v) is 6.33. The number of nitrogens with zero attached hydrogens (tertiary/aromatic N) is 1. The van der Waals surface area contributed by atoms with E-state index in [9.17, 15) is 18.0 Å². The molecule has 2 amide bonds. The summed E-state index contributed by atoms with van der Waals surface area (Å²) in [6.07, 6.45) is 5.94. The minimum atomic E-state index is -2.98. The third-order valence-corrected chi connectivity index (χ3v) is 9.61. The van der Waals surface area contributed by atoms with Gasteiger partial charge in [-0.25, -0.2) is 13.3 Å². The van der Waals surface area contributed by atoms with Gasteiger partial charge in [0.15, 0.2) is 9.84 Å². The van der Waals surface area contributed by atoms with E-state index in [-0.39, 0.29) is 23.0 Å². The maximum atomic E-state index is 13.0. The highest BCUT2D eigenvalue weighted by Gasteiger charge is 2.36. The summed E-state index contributed by atoms with van der Waals surface area (Å²) in [5, 5.41) is -0.299. The van der Waals surface area contributed by atoms with E-state index in [0.29, 0.717) is 28.5 Å². The monoisotopic (exact) mass is 467 g/mol. The van der Waals surface area contributed by atoms with Gasteiger partial charge in [-0.05, 0) is 88.1 Å². The van der Waals surface area contributed by atoms with Crippen LogP contribution in [0.2, 0.25) is 0 Å². The molecule has 5 nitrogen and oxygen atoms in total. The maximum Gasteiger partial charge on any atom is 0.266 e. The number of carbonyl (C=O) groups is 2. The van der Waals surface area contributed by atoms with Gasteiger partial charge >= 0.3 is 0 Å². The van der Waals surface area contributed by atoms with Crippen LogP contribution in [0.5, 0.6) is 0 Å². The van der Waals surface area contributed by atoms with Gasteiger partial charge in [0.1, 0.15) is 0 Å². The summed E-state index contributed by atoms with van der Waals surface area (Å²) >= 11 is 0. The van der Waals surface area contributed by atoms with E-state index in [1.54, 1.807) is 32.0 Å². The van der Waals surface area contributed by atoms with Gasteiger partial charge in [0.2, 0.25) is 0 Å². The second-order valence-corrected chi connectivity index (χ2v) is 12.6. The first-order valence-electron chi connectivity index (χ1n) is 12.0. The van der Waals surface area contributed by atoms with Crippen LogP contribution in [0.4, 0.5) is 5.69 Å². The number of sulfone groups is 1. The highest BCUT2D eigenvalue weighted by Crippen LogP contribution is 2.34. The first-order valence-corrected chi connectivity index (χ1v) is 13.7. The number of hydrogen-bond donors (Lipinski definition) is 0. The van der Waals surface area contributed by atoms with E-state index >= 15 is 0 Å². The van der Waals surface area contributed by atoms with E-state index in [1.165, 1.54) is 4.90 Å². The fourth-order valence-electron chi connectivity index (χ4n) is 4.95. The molecule has 0 unspecified atom stereocenters. The van der Waals surface area contributed by atoms with Crippen LogP contribution in [-0.4, -0.2) is 31.2 Å². The molecule has 0 radical (unpaired) electrons. The van der Waals surface area contributed by atoms with Crippen molar-refractivity contribution in [2.75, 3.05) is 10.7 Å². The van der Waals surface area contributed by atoms with Crippen molar-refractivity contribution in [2.45, 2.75) is 64.5 Å². The standard InChI is InChI=1S/C27H33NO4S/c1-18(2)33(31,32)17-22-10-7-20(8-11-22)6-9-21-12-15-24-25(16-21)27(30)28(26(24)29)23-13-4-19(3)5-14-23/h4-5,12-16,18,20,22H,6-11,17H2,1-3H3. The van der Waals surface area contributed by atoms with Crippen molar-refractivity contribution in [3.63, 3.8) is 0 Å². The zero-order valence-electron chi connectivity index (χ0n) is 19.7. The van der Waals surface area contributed by atoms with Gasteiger partial charge < -0.3 is 0 Å². The van der Waals surface area contributed by atoms with Gasteiger partial charge in [-0.15, -0.1) is 0 Å². The Bertz CT molecular complexity index is 1140. The number of fused-ring (bicyclic) bond motifs is 1. The van der Waals surface area contributed by atoms with Gasteiger partial charge in [0.05, 0.1) is 27.8 Å². The van der Waals surface area contributed by atoms with Crippen molar-refractivity contribution in [1.29, 1.82) is 0 Å². The van der Waals surface area contributed by atoms with Crippen molar-refractivity contribution in [1.82, 2.24) is 0 Å². The molecular weight excluding hydrogens is 434 g/mol. The molecule has 0 N–H and O–H groups in total. The molecule has 1 heterocycles. The third-order valence-electron chi connectivity index (χ3n) is 7.24. The lowest BCUT2D eigenvalue weighted by Gasteiger charge is -2.28. The topological polar surface area (TPSA) is 71.5 Å². The second-order valence-electron chi connectivity index (χ2n) is 9.96. The number of amides is 2. The number of rotatable bonds is 7. The SMILES string of the molecule is Cc1ccc(N2C(=O)c3ccc(CCC4CCC(CS(=O)(=O)C(C)C)CC4)cc3C2=O)cc1. The average molecular weight is 468 g/mol. The molecule has 0 spiro atoms. The Labute approximate surface area is 197 Å². The Hall–Kier alpha value is -2.47. The fraction of sp³-hybridized carbons (Fsp3) is 0.481. The minimum absolute atomic E-state index is 0.257. The lowest BCUT2D eigenvalue weighted by molar-refractivity contribution is 0.0926. The van der Waals surface area contributed by atoms with Gasteiger partial charge in [-0.2, -0.15) is 0 Å². The summed E-state index contributed by atoms with van der Waals surface area (Å²) in [5.41, 5.74) is 3.71. The van der Waals surface area contributed by atoms with Crippen LogP contribution in [0.1, 0.15) is 77.8 Å². The van der Waals surface area contributed by atoms with Crippen molar-refractivity contribution >= 4 is 27.3 Å². The first-order chi connectivity index (χ1) is 15.7. The molecule has 0 bridgehead atoms. The summed E-state index contributed by atoms with van der Waals surface area (Å²) in [6.45, 7) is 5.49. The third kappa shape index (κ3) is 5.06. The molecule has 1 fully saturated rings. The van der Waals surface area contributed by atoms with Crippen LogP contribution in [0.15, 0.2) is 42.5 Å². The second kappa shape index (κ2) is 9.41. The smallest absolute Gasteiger partial charge is 0.266 e. The number of carbonyl (C=O) groups excluding carboxylic acids is 2. The molecule has 176 valence electrons. The lowest BCUT2D eigenvalue weighted by Crippen LogP contribution is -2.29. The van der Waals surface area contributed by atoms with Crippen LogP contribution < -0.4 is 4.90 Å². The van der Waals surface area contributed by atoms with Gasteiger partial charge in [0, 0.05) is 0 Å². The van der Waals surface area contributed by atoms with Crippen LogP contribution in [0.3, 0.4) is 0 Å². The Morgan fingerprint density at radius 1 is 0.879 bits per heavy atom. The Morgan fingerprint density at radius 3 is 2.12 bits per heavy atom. The summed E-state index contributed by atoms with van der Waals surface area (Å²) in [5.74, 6) is 0.658. The van der Waals surface area contributed by atoms with Gasteiger partial charge in [-0.1, -0.05) is 36.6 Å². The van der Waals surface area contributed by atoms with E-state index in [1.807, 2.05) is 31.2 Å². The largest absolute Gasteiger partial charge is 0.268 e. The predicted molar refractivity (Wildman–Crippen MR) is 131 cm³/mol. The molecule has 2 aliphatic rings. The molecule has 1 aliphatic heterocycles. The van der Waals surface area contributed by atoms with Crippen molar-refractivity contribution in [3.05, 3.63) is 64.7 Å². The highest BCUT2D eigenvalue weighted by atomic mass is 32.2. The van der Waals surface area contributed by atoms with Crippen molar-refractivity contribution in [2.24, 2.45) is 11.8 Å². The minimum Gasteiger partial charge on any atom is -0.268 e. The van der Waals surface area contributed by atoms with E-state index in [0.717, 1.165) is 49.7 Å². The van der Waals surface area contributed by atoms with E-state index in [4.69, 9.17) is 0 Å². The molecule has 0 aromatic heterocycles. The normalized spacial score (nSPS) is 21.0. The number of anilines is 1. The van der Waals surface area contributed by atoms with Crippen molar-refractivity contribution in [3.8, 4) is 0 Å². The summed E-state index contributed by atoms with van der Waals surface area (Å²) < 4.78 is 24.4. The quantitative estimate of drug-likeness (QED) is 0.514. The summed E-state index contributed by atoms with van der Waals surface area (Å²) in [6, 6.07) is 13.0. The van der Waals surface area contributed by atoms with Gasteiger partial charge in [0.25, 0.3) is 11.8 Å². The van der Waals surface area contributed by atoms with Crippen LogP contribution in [0, 0.1) is 18.8 Å². The molecule has 0 saturated heterocycles. The Kier molecular flexibility index (Phi) is 6.76. The van der Waals surface area contributed by atoms with Crippen LogP contribution in [-0.2, 0) is 16.3 Å². The molecule has 0 atom stereocenters. The zero-order chi connectivity index (χ0) is 23.8. The summed E-state index contributed by atoms with van der Waals surface area (Å²) in [4.78, 5) is 27.1. The van der Waals surface area contributed by atoms with Crippen molar-refractivity contribution < 1.29 is 18.0 Å². The zero-order valence-corrected chi connectivity index (χ0v) is 20.5. The average Bonchev–Trinajstić information content (AvgIpc) is 3.03. The Balaban J connectivity index is 1.35. The molecular formula is C27H33NO4S. The van der Waals surface area contributed by atoms with E-state index in [2.05, 4.69) is 0 Å². The number of hydrogen-bond acceptors (Lipinski definition) is 4. The molecule has 33 heavy (non-hydrogen) atoms.